The van der Waals surface area contributed by atoms with Gasteiger partial charge >= 0.3 is 5.97 Å². The molecule has 0 unspecified atom stereocenters. The zero-order chi connectivity index (χ0) is 21.2. The Morgan fingerprint density at radius 3 is 2.87 bits per heavy atom. The summed E-state index contributed by atoms with van der Waals surface area (Å²) in [5, 5.41) is 1.71. The monoisotopic (exact) mass is 436 g/mol. The minimum Gasteiger partial charge on any atom is -0.466 e. The molecule has 2 aromatic carbocycles. The fourth-order valence-electron chi connectivity index (χ4n) is 4.07. The number of carbonyl (C=O) groups excluding carboxylic acids is 1. The standard InChI is InChI=1S/C24H24N2O4S/c1-2-28-23(27)16-9-11-26(12-10-16)14-17-15-29-21-13-18(7-8-19(17)21)30-24-25-20-5-3-4-6-22(20)31-24/h3-8,13,15-16H,2,9-12,14H2,1H3. The van der Waals surface area contributed by atoms with Gasteiger partial charge in [0.1, 0.15) is 11.3 Å². The van der Waals surface area contributed by atoms with Crippen molar-refractivity contribution in [2.45, 2.75) is 26.3 Å². The predicted molar refractivity (Wildman–Crippen MR) is 121 cm³/mol. The van der Waals surface area contributed by atoms with Crippen molar-refractivity contribution in [2.24, 2.45) is 5.92 Å². The van der Waals surface area contributed by atoms with Crippen LogP contribution in [0.4, 0.5) is 0 Å². The van der Waals surface area contributed by atoms with Crippen LogP contribution in [0.5, 0.6) is 10.9 Å². The molecule has 5 rings (SSSR count). The summed E-state index contributed by atoms with van der Waals surface area (Å²) in [7, 11) is 0. The van der Waals surface area contributed by atoms with E-state index in [9.17, 15) is 4.79 Å². The summed E-state index contributed by atoms with van der Waals surface area (Å²) >= 11 is 1.53. The van der Waals surface area contributed by atoms with Crippen LogP contribution in [-0.2, 0) is 16.1 Å². The third-order valence-electron chi connectivity index (χ3n) is 5.71. The third kappa shape index (κ3) is 4.29. The number of para-hydroxylation sites is 1. The number of piperidine rings is 1. The maximum absolute atomic E-state index is 11.9. The zero-order valence-corrected chi connectivity index (χ0v) is 18.2. The number of esters is 1. The molecule has 1 saturated heterocycles. The number of thiazole rings is 1. The van der Waals surface area contributed by atoms with Gasteiger partial charge in [0, 0.05) is 23.6 Å². The van der Waals surface area contributed by atoms with Gasteiger partial charge < -0.3 is 13.9 Å². The number of fused-ring (bicyclic) bond motifs is 2. The van der Waals surface area contributed by atoms with Crippen LogP contribution in [0.2, 0.25) is 0 Å². The van der Waals surface area contributed by atoms with Gasteiger partial charge in [-0.15, -0.1) is 0 Å². The van der Waals surface area contributed by atoms with E-state index in [1.165, 1.54) is 11.3 Å². The lowest BCUT2D eigenvalue weighted by Gasteiger charge is -2.30. The van der Waals surface area contributed by atoms with Gasteiger partial charge in [-0.1, -0.05) is 23.5 Å². The number of hydrogen-bond acceptors (Lipinski definition) is 7. The first-order chi connectivity index (χ1) is 15.2. The smallest absolute Gasteiger partial charge is 0.309 e. The van der Waals surface area contributed by atoms with Crippen molar-refractivity contribution < 1.29 is 18.7 Å². The van der Waals surface area contributed by atoms with Crippen LogP contribution in [-0.4, -0.2) is 35.5 Å². The number of ether oxygens (including phenoxy) is 2. The second-order valence-corrected chi connectivity index (χ2v) is 8.76. The summed E-state index contributed by atoms with van der Waals surface area (Å²) in [4.78, 5) is 18.8. The molecule has 1 aliphatic rings. The maximum atomic E-state index is 11.9. The van der Waals surface area contributed by atoms with Crippen molar-refractivity contribution in [1.82, 2.24) is 9.88 Å². The van der Waals surface area contributed by atoms with E-state index in [4.69, 9.17) is 13.9 Å². The quantitative estimate of drug-likeness (QED) is 0.366. The Hall–Kier alpha value is -2.90. The minimum atomic E-state index is -0.0587. The van der Waals surface area contributed by atoms with Crippen LogP contribution >= 0.6 is 11.3 Å². The Kier molecular flexibility index (Phi) is 5.61. The molecule has 3 heterocycles. The summed E-state index contributed by atoms with van der Waals surface area (Å²) < 4.78 is 18.1. The molecule has 160 valence electrons. The normalized spacial score (nSPS) is 15.5. The third-order valence-corrected chi connectivity index (χ3v) is 6.62. The first-order valence-electron chi connectivity index (χ1n) is 10.6. The van der Waals surface area contributed by atoms with Crippen molar-refractivity contribution in [3.8, 4) is 10.9 Å². The molecule has 2 aromatic heterocycles. The number of furan rings is 1. The highest BCUT2D eigenvalue weighted by Crippen LogP contribution is 2.33. The molecule has 0 radical (unpaired) electrons. The molecule has 7 heteroatoms. The molecule has 1 fully saturated rings. The highest BCUT2D eigenvalue weighted by Gasteiger charge is 2.26. The van der Waals surface area contributed by atoms with Crippen LogP contribution in [0.3, 0.4) is 0 Å². The van der Waals surface area contributed by atoms with Crippen molar-refractivity contribution >= 4 is 38.5 Å². The molecule has 31 heavy (non-hydrogen) atoms. The summed E-state index contributed by atoms with van der Waals surface area (Å²) in [5.74, 6) is 0.679. The molecular weight excluding hydrogens is 412 g/mol. The molecule has 6 nitrogen and oxygen atoms in total. The van der Waals surface area contributed by atoms with Crippen molar-refractivity contribution in [1.29, 1.82) is 0 Å². The summed E-state index contributed by atoms with van der Waals surface area (Å²) in [6.45, 7) is 4.88. The highest BCUT2D eigenvalue weighted by atomic mass is 32.1. The molecule has 1 aliphatic heterocycles. The number of carbonyl (C=O) groups is 1. The van der Waals surface area contributed by atoms with Crippen LogP contribution < -0.4 is 4.74 Å². The highest BCUT2D eigenvalue weighted by molar-refractivity contribution is 7.20. The SMILES string of the molecule is CCOC(=O)C1CCN(Cc2coc3cc(Oc4nc5ccccc5s4)ccc23)CC1. The molecule has 0 saturated carbocycles. The van der Waals surface area contributed by atoms with Crippen LogP contribution in [0, 0.1) is 5.92 Å². The van der Waals surface area contributed by atoms with Gasteiger partial charge in [-0.2, -0.15) is 0 Å². The Bertz CT molecular complexity index is 1170. The molecule has 0 N–H and O–H groups in total. The lowest BCUT2D eigenvalue weighted by Crippen LogP contribution is -2.36. The van der Waals surface area contributed by atoms with E-state index in [0.717, 1.165) is 59.2 Å². The average molecular weight is 437 g/mol. The molecule has 0 atom stereocenters. The number of aromatic nitrogens is 1. The van der Waals surface area contributed by atoms with Gasteiger partial charge in [0.25, 0.3) is 5.19 Å². The second kappa shape index (κ2) is 8.69. The molecule has 0 spiro atoms. The van der Waals surface area contributed by atoms with Gasteiger partial charge in [-0.05, 0) is 57.1 Å². The number of nitrogens with zero attached hydrogens (tertiary/aromatic N) is 2. The van der Waals surface area contributed by atoms with Gasteiger partial charge in [0.05, 0.1) is 29.0 Å². The van der Waals surface area contributed by atoms with Crippen molar-refractivity contribution in [2.75, 3.05) is 19.7 Å². The van der Waals surface area contributed by atoms with Crippen LogP contribution in [0.15, 0.2) is 53.1 Å². The van der Waals surface area contributed by atoms with E-state index in [1.807, 2.05) is 55.7 Å². The average Bonchev–Trinajstić information content (AvgIpc) is 3.37. The first kappa shape index (κ1) is 20.0. The molecule has 4 aromatic rings. The largest absolute Gasteiger partial charge is 0.466 e. The predicted octanol–water partition coefficient (Wildman–Crippen LogP) is 5.61. The maximum Gasteiger partial charge on any atom is 0.309 e. The minimum absolute atomic E-state index is 0.0273. The molecule has 0 aliphatic carbocycles. The summed E-state index contributed by atoms with van der Waals surface area (Å²) in [6.07, 6.45) is 3.51. The Balaban J connectivity index is 1.25. The van der Waals surface area contributed by atoms with E-state index >= 15 is 0 Å². The number of rotatable bonds is 6. The summed E-state index contributed by atoms with van der Waals surface area (Å²) in [6, 6.07) is 13.9. The lowest BCUT2D eigenvalue weighted by molar-refractivity contribution is -0.149. The van der Waals surface area contributed by atoms with E-state index in [1.54, 1.807) is 0 Å². The Morgan fingerprint density at radius 1 is 1.23 bits per heavy atom. The summed E-state index contributed by atoms with van der Waals surface area (Å²) in [5.41, 5.74) is 2.89. The number of benzene rings is 2. The van der Waals surface area contributed by atoms with Crippen molar-refractivity contribution in [3.63, 3.8) is 0 Å². The van der Waals surface area contributed by atoms with Gasteiger partial charge in [0.2, 0.25) is 0 Å². The number of hydrogen-bond donors (Lipinski definition) is 0. The number of likely N-dealkylation sites (tertiary alicyclic amines) is 1. The van der Waals surface area contributed by atoms with Crippen LogP contribution in [0.25, 0.3) is 21.2 Å². The Labute approximate surface area is 184 Å². The van der Waals surface area contributed by atoms with Gasteiger partial charge in [0.15, 0.2) is 0 Å². The van der Waals surface area contributed by atoms with E-state index in [-0.39, 0.29) is 11.9 Å². The Morgan fingerprint density at radius 2 is 2.06 bits per heavy atom. The lowest BCUT2D eigenvalue weighted by atomic mass is 9.96. The second-order valence-electron chi connectivity index (χ2n) is 7.77. The van der Waals surface area contributed by atoms with E-state index in [0.29, 0.717) is 17.6 Å². The molecule has 0 bridgehead atoms. The fourth-order valence-corrected chi connectivity index (χ4v) is 4.91. The van der Waals surface area contributed by atoms with Gasteiger partial charge in [-0.3, -0.25) is 9.69 Å². The topological polar surface area (TPSA) is 64.8 Å². The van der Waals surface area contributed by atoms with Crippen molar-refractivity contribution in [3.05, 3.63) is 54.3 Å². The van der Waals surface area contributed by atoms with Gasteiger partial charge in [-0.25, -0.2) is 4.98 Å². The molecule has 0 amide bonds. The van der Waals surface area contributed by atoms with E-state index < -0.39 is 0 Å². The molecular formula is C24H24N2O4S. The van der Waals surface area contributed by atoms with E-state index in [2.05, 4.69) is 9.88 Å². The zero-order valence-electron chi connectivity index (χ0n) is 17.4. The van der Waals surface area contributed by atoms with Crippen LogP contribution in [0.1, 0.15) is 25.3 Å². The fraction of sp³-hybridized carbons (Fsp3) is 0.333. The first-order valence-corrected chi connectivity index (χ1v) is 11.4.